The largest absolute Gasteiger partial charge is 0.356 e. The Hall–Kier alpha value is -1.14. The molecule has 4 N–H and O–H groups in total. The van der Waals surface area contributed by atoms with Crippen LogP contribution >= 0.6 is 22.6 Å². The molecular formula is C19H34N4O5S3. The Balaban J connectivity index is 1.38. The standard InChI is InChI=1S/C19H34N4O5S3/c1-31(27,28)30-12-11-21-17(25)8-3-2-6-10-20-16(24)9-5-4-7-15-18-14(13-29-15)22-19(26)23-18/h14-15,18H,2-13H2,1H3,(H,20,24)(H,21,25)(H2,22,23,26). The van der Waals surface area contributed by atoms with Crippen molar-refractivity contribution in [1.82, 2.24) is 21.3 Å². The summed E-state index contributed by atoms with van der Waals surface area (Å²) in [4.78, 5) is 35.0. The molecule has 0 aromatic rings. The molecule has 2 aliphatic heterocycles. The first kappa shape index (κ1) is 26.1. The Labute approximate surface area is 192 Å². The van der Waals surface area contributed by atoms with E-state index in [1.165, 1.54) is 0 Å². The van der Waals surface area contributed by atoms with E-state index in [1.54, 1.807) is 0 Å². The Kier molecular flexibility index (Phi) is 11.3. The van der Waals surface area contributed by atoms with Gasteiger partial charge in [0.1, 0.15) is 0 Å². The molecule has 3 unspecified atom stereocenters. The van der Waals surface area contributed by atoms with Gasteiger partial charge in [-0.3, -0.25) is 9.59 Å². The fourth-order valence-electron chi connectivity index (χ4n) is 3.65. The van der Waals surface area contributed by atoms with Crippen LogP contribution in [0.4, 0.5) is 4.79 Å². The van der Waals surface area contributed by atoms with Crippen LogP contribution in [0.15, 0.2) is 0 Å². The minimum absolute atomic E-state index is 0.0638. The second kappa shape index (κ2) is 13.4. The summed E-state index contributed by atoms with van der Waals surface area (Å²) in [6.45, 7) is 0.963. The number of unbranched alkanes of at least 4 members (excludes halogenated alkanes) is 3. The van der Waals surface area contributed by atoms with Crippen LogP contribution in [0.1, 0.15) is 51.4 Å². The van der Waals surface area contributed by atoms with Crippen LogP contribution in [0.2, 0.25) is 0 Å². The number of amides is 4. The molecule has 31 heavy (non-hydrogen) atoms. The van der Waals surface area contributed by atoms with Crippen molar-refractivity contribution in [3.05, 3.63) is 0 Å². The van der Waals surface area contributed by atoms with E-state index < -0.39 is 8.87 Å². The minimum Gasteiger partial charge on any atom is -0.356 e. The summed E-state index contributed by atoms with van der Waals surface area (Å²) in [5.41, 5.74) is 0. The minimum atomic E-state index is -3.06. The summed E-state index contributed by atoms with van der Waals surface area (Å²) in [5, 5.41) is 12.0. The van der Waals surface area contributed by atoms with E-state index in [2.05, 4.69) is 21.3 Å². The first-order valence-electron chi connectivity index (χ1n) is 10.8. The number of thioether (sulfide) groups is 1. The number of carbonyl (C=O) groups excluding carboxylic acids is 3. The number of carbonyl (C=O) groups is 3. The van der Waals surface area contributed by atoms with Gasteiger partial charge in [-0.25, -0.2) is 13.2 Å². The first-order chi connectivity index (χ1) is 14.7. The molecule has 2 rings (SSSR count). The lowest BCUT2D eigenvalue weighted by Crippen LogP contribution is -2.36. The maximum absolute atomic E-state index is 11.9. The van der Waals surface area contributed by atoms with E-state index in [0.717, 1.165) is 61.3 Å². The molecule has 0 aromatic heterocycles. The summed E-state index contributed by atoms with van der Waals surface area (Å²) < 4.78 is 21.9. The fraction of sp³-hybridized carbons (Fsp3) is 0.842. The summed E-state index contributed by atoms with van der Waals surface area (Å²) in [5.74, 6) is 1.30. The normalized spacial score (nSPS) is 22.5. The predicted octanol–water partition coefficient (Wildman–Crippen LogP) is 1.20. The van der Waals surface area contributed by atoms with Crippen molar-refractivity contribution in [2.45, 2.75) is 68.7 Å². The number of urea groups is 1. The highest BCUT2D eigenvalue weighted by Gasteiger charge is 2.42. The SMILES string of the molecule is CS(=O)(=O)SCCNC(=O)CCCCCNC(=O)CCCCC1SCC2NC(=O)NC21. The molecule has 9 nitrogen and oxygen atoms in total. The Morgan fingerprint density at radius 3 is 2.42 bits per heavy atom. The highest BCUT2D eigenvalue weighted by Crippen LogP contribution is 2.33. The van der Waals surface area contributed by atoms with Crippen molar-refractivity contribution in [3.8, 4) is 0 Å². The summed E-state index contributed by atoms with van der Waals surface area (Å²) >= 11 is 1.89. The van der Waals surface area contributed by atoms with Gasteiger partial charge in [-0.2, -0.15) is 11.8 Å². The lowest BCUT2D eigenvalue weighted by molar-refractivity contribution is -0.122. The second-order valence-electron chi connectivity index (χ2n) is 7.90. The van der Waals surface area contributed by atoms with Gasteiger partial charge in [0.2, 0.25) is 11.8 Å². The maximum Gasteiger partial charge on any atom is 0.315 e. The molecule has 3 atom stereocenters. The zero-order valence-corrected chi connectivity index (χ0v) is 20.4. The molecule has 178 valence electrons. The average molecular weight is 495 g/mol. The molecule has 0 saturated carbocycles. The maximum atomic E-state index is 11.9. The van der Waals surface area contributed by atoms with Crippen molar-refractivity contribution in [2.75, 3.05) is 30.9 Å². The van der Waals surface area contributed by atoms with E-state index >= 15 is 0 Å². The van der Waals surface area contributed by atoms with Gasteiger partial charge in [0, 0.05) is 48.9 Å². The summed E-state index contributed by atoms with van der Waals surface area (Å²) in [6, 6.07) is 0.402. The molecule has 12 heteroatoms. The van der Waals surface area contributed by atoms with E-state index in [0.29, 0.717) is 36.9 Å². The summed E-state index contributed by atoms with van der Waals surface area (Å²) in [7, 11) is -2.23. The van der Waals surface area contributed by atoms with Gasteiger partial charge >= 0.3 is 6.03 Å². The molecular weight excluding hydrogens is 460 g/mol. The third-order valence-corrected chi connectivity index (χ3v) is 9.30. The van der Waals surface area contributed by atoms with Crippen LogP contribution in [0.3, 0.4) is 0 Å². The monoisotopic (exact) mass is 494 g/mol. The molecule has 2 aliphatic rings. The third kappa shape index (κ3) is 10.8. The van der Waals surface area contributed by atoms with Crippen molar-refractivity contribution in [1.29, 1.82) is 0 Å². The molecule has 2 fully saturated rings. The van der Waals surface area contributed by atoms with Crippen LogP contribution < -0.4 is 21.3 Å². The third-order valence-electron chi connectivity index (χ3n) is 5.21. The molecule has 0 bridgehead atoms. The van der Waals surface area contributed by atoms with Crippen molar-refractivity contribution in [2.24, 2.45) is 0 Å². The summed E-state index contributed by atoms with van der Waals surface area (Å²) in [6.07, 6.45) is 7.34. The van der Waals surface area contributed by atoms with Crippen molar-refractivity contribution >= 4 is 49.3 Å². The molecule has 2 heterocycles. The molecule has 0 aliphatic carbocycles. The quantitative estimate of drug-likeness (QED) is 0.153. The van der Waals surface area contributed by atoms with Gasteiger partial charge in [0.15, 0.2) is 8.87 Å². The van der Waals surface area contributed by atoms with E-state index in [4.69, 9.17) is 0 Å². The van der Waals surface area contributed by atoms with Gasteiger partial charge < -0.3 is 21.3 Å². The molecule has 0 radical (unpaired) electrons. The lowest BCUT2D eigenvalue weighted by Gasteiger charge is -2.16. The topological polar surface area (TPSA) is 133 Å². The lowest BCUT2D eigenvalue weighted by atomic mass is 10.0. The van der Waals surface area contributed by atoms with Gasteiger partial charge in [-0.15, -0.1) is 0 Å². The molecule has 0 spiro atoms. The van der Waals surface area contributed by atoms with E-state index in [-0.39, 0.29) is 29.9 Å². The number of hydrogen-bond donors (Lipinski definition) is 4. The van der Waals surface area contributed by atoms with Crippen LogP contribution in [-0.4, -0.2) is 74.4 Å². The predicted molar refractivity (Wildman–Crippen MR) is 126 cm³/mol. The Bertz CT molecular complexity index is 719. The molecule has 4 amide bonds. The van der Waals surface area contributed by atoms with Gasteiger partial charge in [-0.1, -0.05) is 12.8 Å². The van der Waals surface area contributed by atoms with E-state index in [1.807, 2.05) is 11.8 Å². The van der Waals surface area contributed by atoms with Crippen LogP contribution in [0, 0.1) is 0 Å². The van der Waals surface area contributed by atoms with Crippen LogP contribution in [-0.2, 0) is 18.5 Å². The van der Waals surface area contributed by atoms with Crippen molar-refractivity contribution in [3.63, 3.8) is 0 Å². The number of fused-ring (bicyclic) bond motifs is 1. The molecule has 2 saturated heterocycles. The van der Waals surface area contributed by atoms with Crippen molar-refractivity contribution < 1.29 is 22.8 Å². The number of hydrogen-bond acceptors (Lipinski definition) is 7. The number of nitrogens with one attached hydrogen (secondary N) is 4. The fourth-order valence-corrected chi connectivity index (χ4v) is 6.84. The van der Waals surface area contributed by atoms with Gasteiger partial charge in [-0.05, 0) is 36.5 Å². The van der Waals surface area contributed by atoms with Gasteiger partial charge in [0.25, 0.3) is 0 Å². The van der Waals surface area contributed by atoms with E-state index in [9.17, 15) is 22.8 Å². The average Bonchev–Trinajstić information content (AvgIpc) is 3.24. The first-order valence-corrected chi connectivity index (χ1v) is 15.3. The number of rotatable bonds is 15. The van der Waals surface area contributed by atoms with Gasteiger partial charge in [0.05, 0.1) is 12.1 Å². The Morgan fingerprint density at radius 2 is 1.71 bits per heavy atom. The zero-order valence-electron chi connectivity index (χ0n) is 18.0. The zero-order chi connectivity index (χ0) is 22.7. The highest BCUT2D eigenvalue weighted by molar-refractivity contribution is 8.71. The van der Waals surface area contributed by atoms with Crippen LogP contribution in [0.5, 0.6) is 0 Å². The Morgan fingerprint density at radius 1 is 1.03 bits per heavy atom. The highest BCUT2D eigenvalue weighted by atomic mass is 33.1. The molecule has 0 aromatic carbocycles. The van der Waals surface area contributed by atoms with Crippen LogP contribution in [0.25, 0.3) is 0 Å². The second-order valence-corrected chi connectivity index (χ2v) is 13.8. The smallest absolute Gasteiger partial charge is 0.315 e.